The lowest BCUT2D eigenvalue weighted by molar-refractivity contribution is -0.127. The fraction of sp³-hybridized carbons (Fsp3) is 0.714. The largest absolute Gasteiger partial charge is 0.390 e. The molecular formula is C14H23N3O2. The molecule has 1 rings (SSSR count). The second kappa shape index (κ2) is 9.40. The molecule has 1 aliphatic rings. The first kappa shape index (κ1) is 15.5. The third kappa shape index (κ3) is 5.75. The molecule has 0 aromatic rings. The first-order valence-corrected chi connectivity index (χ1v) is 7.00. The third-order valence-corrected chi connectivity index (χ3v) is 3.05. The number of likely N-dealkylation sites (tertiary alicyclic amines) is 1. The van der Waals surface area contributed by atoms with Crippen LogP contribution in [-0.2, 0) is 9.53 Å². The average Bonchev–Trinajstić information content (AvgIpc) is 2.47. The maximum atomic E-state index is 12.1. The van der Waals surface area contributed by atoms with Crippen LogP contribution in [0.15, 0.2) is 11.8 Å². The van der Waals surface area contributed by atoms with Crippen molar-refractivity contribution >= 4 is 5.91 Å². The summed E-state index contributed by atoms with van der Waals surface area (Å²) in [6, 6.07) is 1.98. The molecule has 0 bridgehead atoms. The van der Waals surface area contributed by atoms with Crippen molar-refractivity contribution < 1.29 is 9.53 Å². The Labute approximate surface area is 115 Å². The van der Waals surface area contributed by atoms with Gasteiger partial charge in [-0.25, -0.2) is 0 Å². The van der Waals surface area contributed by atoms with E-state index in [0.717, 1.165) is 32.4 Å². The first-order chi connectivity index (χ1) is 9.29. The van der Waals surface area contributed by atoms with E-state index in [2.05, 4.69) is 5.32 Å². The monoisotopic (exact) mass is 265 g/mol. The highest BCUT2D eigenvalue weighted by Gasteiger charge is 2.19. The van der Waals surface area contributed by atoms with Gasteiger partial charge in [0.1, 0.15) is 11.6 Å². The van der Waals surface area contributed by atoms with Crippen molar-refractivity contribution in [3.63, 3.8) is 0 Å². The molecule has 1 amide bonds. The van der Waals surface area contributed by atoms with Gasteiger partial charge in [0.15, 0.2) is 0 Å². The minimum Gasteiger partial charge on any atom is -0.390 e. The van der Waals surface area contributed by atoms with E-state index in [1.807, 2.05) is 13.0 Å². The molecule has 5 nitrogen and oxygen atoms in total. The van der Waals surface area contributed by atoms with E-state index < -0.39 is 0 Å². The quantitative estimate of drug-likeness (QED) is 0.429. The maximum Gasteiger partial charge on any atom is 0.265 e. The van der Waals surface area contributed by atoms with E-state index >= 15 is 0 Å². The van der Waals surface area contributed by atoms with Crippen LogP contribution in [0.25, 0.3) is 0 Å². The Bertz CT molecular complexity index is 341. The third-order valence-electron chi connectivity index (χ3n) is 3.05. The molecule has 1 fully saturated rings. The second-order valence-corrected chi connectivity index (χ2v) is 4.53. The fourth-order valence-electron chi connectivity index (χ4n) is 2.00. The number of nitrogens with one attached hydrogen (secondary N) is 1. The number of ether oxygens (including phenoxy) is 1. The normalized spacial score (nSPS) is 16.0. The van der Waals surface area contributed by atoms with Gasteiger partial charge < -0.3 is 15.0 Å². The number of carbonyl (C=O) groups is 1. The lowest BCUT2D eigenvalue weighted by Gasteiger charge is -2.26. The highest BCUT2D eigenvalue weighted by molar-refractivity contribution is 5.97. The molecule has 1 heterocycles. The van der Waals surface area contributed by atoms with E-state index in [-0.39, 0.29) is 11.5 Å². The molecule has 106 valence electrons. The van der Waals surface area contributed by atoms with Crippen LogP contribution in [0.5, 0.6) is 0 Å². The van der Waals surface area contributed by atoms with E-state index in [4.69, 9.17) is 10.00 Å². The molecular weight excluding hydrogens is 242 g/mol. The average molecular weight is 265 g/mol. The SMILES string of the molecule is CCOCCCN/C=C(/C#N)C(=O)N1CCCCC1. The molecule has 1 saturated heterocycles. The molecule has 0 aromatic carbocycles. The smallest absolute Gasteiger partial charge is 0.265 e. The van der Waals surface area contributed by atoms with Crippen molar-refractivity contribution in [1.29, 1.82) is 5.26 Å². The highest BCUT2D eigenvalue weighted by Crippen LogP contribution is 2.11. The Morgan fingerprint density at radius 1 is 1.42 bits per heavy atom. The Morgan fingerprint density at radius 2 is 2.16 bits per heavy atom. The summed E-state index contributed by atoms with van der Waals surface area (Å²) in [7, 11) is 0. The molecule has 0 aliphatic carbocycles. The topological polar surface area (TPSA) is 65.4 Å². The van der Waals surface area contributed by atoms with Gasteiger partial charge in [0.05, 0.1) is 0 Å². The predicted molar refractivity (Wildman–Crippen MR) is 73.2 cm³/mol. The number of hydrogen-bond donors (Lipinski definition) is 1. The van der Waals surface area contributed by atoms with Crippen LogP contribution in [0.3, 0.4) is 0 Å². The Kier molecular flexibility index (Phi) is 7.68. The van der Waals surface area contributed by atoms with Gasteiger partial charge in [-0.05, 0) is 32.6 Å². The summed E-state index contributed by atoms with van der Waals surface area (Å²) in [5.41, 5.74) is 0.193. The van der Waals surface area contributed by atoms with Crippen LogP contribution < -0.4 is 5.32 Å². The zero-order chi connectivity index (χ0) is 13.9. The predicted octanol–water partition coefficient (Wildman–Crippen LogP) is 1.42. The van der Waals surface area contributed by atoms with Crippen molar-refractivity contribution in [3.05, 3.63) is 11.8 Å². The zero-order valence-electron chi connectivity index (χ0n) is 11.7. The number of hydrogen-bond acceptors (Lipinski definition) is 4. The fourth-order valence-corrected chi connectivity index (χ4v) is 2.00. The standard InChI is InChI=1S/C14H23N3O2/c1-2-19-10-6-7-16-12-13(11-15)14(18)17-8-4-3-5-9-17/h12,16H,2-10H2,1H3/b13-12-. The summed E-state index contributed by atoms with van der Waals surface area (Å²) in [5, 5.41) is 12.0. The molecule has 0 saturated carbocycles. The van der Waals surface area contributed by atoms with Gasteiger partial charge in [0.25, 0.3) is 5.91 Å². The summed E-state index contributed by atoms with van der Waals surface area (Å²) < 4.78 is 5.21. The molecule has 0 spiro atoms. The van der Waals surface area contributed by atoms with Gasteiger partial charge in [0.2, 0.25) is 0 Å². The Hall–Kier alpha value is -1.54. The lowest BCUT2D eigenvalue weighted by Crippen LogP contribution is -2.36. The van der Waals surface area contributed by atoms with Gasteiger partial charge in [-0.15, -0.1) is 0 Å². The van der Waals surface area contributed by atoms with Crippen molar-refractivity contribution in [3.8, 4) is 6.07 Å². The van der Waals surface area contributed by atoms with E-state index in [1.54, 1.807) is 4.90 Å². The van der Waals surface area contributed by atoms with Crippen molar-refractivity contribution in [2.45, 2.75) is 32.6 Å². The van der Waals surface area contributed by atoms with E-state index in [1.165, 1.54) is 12.6 Å². The summed E-state index contributed by atoms with van der Waals surface area (Å²) >= 11 is 0. The number of carbonyl (C=O) groups excluding carboxylic acids is 1. The van der Waals surface area contributed by atoms with Gasteiger partial charge >= 0.3 is 0 Å². The molecule has 0 aromatic heterocycles. The molecule has 19 heavy (non-hydrogen) atoms. The van der Waals surface area contributed by atoms with Crippen LogP contribution in [-0.4, -0.2) is 43.7 Å². The molecule has 0 atom stereocenters. The van der Waals surface area contributed by atoms with E-state index in [0.29, 0.717) is 19.8 Å². The van der Waals surface area contributed by atoms with Crippen LogP contribution >= 0.6 is 0 Å². The van der Waals surface area contributed by atoms with Crippen LogP contribution in [0, 0.1) is 11.3 Å². The minimum absolute atomic E-state index is 0.153. The van der Waals surface area contributed by atoms with Crippen LogP contribution in [0.4, 0.5) is 0 Å². The van der Waals surface area contributed by atoms with Crippen LogP contribution in [0.2, 0.25) is 0 Å². The summed E-state index contributed by atoms with van der Waals surface area (Å²) in [4.78, 5) is 13.8. The molecule has 5 heteroatoms. The van der Waals surface area contributed by atoms with Crippen molar-refractivity contribution in [2.75, 3.05) is 32.8 Å². The molecule has 0 unspecified atom stereocenters. The first-order valence-electron chi connectivity index (χ1n) is 7.00. The van der Waals surface area contributed by atoms with Gasteiger partial charge in [0, 0.05) is 39.0 Å². The Balaban J connectivity index is 2.34. The van der Waals surface area contributed by atoms with Crippen LogP contribution in [0.1, 0.15) is 32.6 Å². The molecule has 0 radical (unpaired) electrons. The molecule has 1 N–H and O–H groups in total. The summed E-state index contributed by atoms with van der Waals surface area (Å²) in [5.74, 6) is -0.153. The number of piperidine rings is 1. The van der Waals surface area contributed by atoms with Gasteiger partial charge in [-0.2, -0.15) is 5.26 Å². The van der Waals surface area contributed by atoms with Gasteiger partial charge in [-0.1, -0.05) is 0 Å². The number of nitrogens with zero attached hydrogens (tertiary/aromatic N) is 2. The zero-order valence-corrected chi connectivity index (χ0v) is 11.7. The number of nitriles is 1. The lowest BCUT2D eigenvalue weighted by atomic mass is 10.1. The molecule has 1 aliphatic heterocycles. The highest BCUT2D eigenvalue weighted by atomic mass is 16.5. The number of rotatable bonds is 7. The summed E-state index contributed by atoms with van der Waals surface area (Å²) in [6.45, 7) is 5.60. The van der Waals surface area contributed by atoms with Crippen molar-refractivity contribution in [2.24, 2.45) is 0 Å². The summed E-state index contributed by atoms with van der Waals surface area (Å²) in [6.07, 6.45) is 5.63. The van der Waals surface area contributed by atoms with Crippen molar-refractivity contribution in [1.82, 2.24) is 10.2 Å². The Morgan fingerprint density at radius 3 is 2.79 bits per heavy atom. The van der Waals surface area contributed by atoms with Gasteiger partial charge in [-0.3, -0.25) is 4.79 Å². The maximum absolute atomic E-state index is 12.1. The second-order valence-electron chi connectivity index (χ2n) is 4.53. The van der Waals surface area contributed by atoms with E-state index in [9.17, 15) is 4.79 Å². The number of amides is 1. The minimum atomic E-state index is -0.153.